The number of benzene rings is 2. The number of hydrogen-bond acceptors (Lipinski definition) is 5. The lowest BCUT2D eigenvalue weighted by molar-refractivity contribution is -0.384. The molecular weight excluding hydrogens is 318 g/mol. The highest BCUT2D eigenvalue weighted by molar-refractivity contribution is 5.61. The summed E-state index contributed by atoms with van der Waals surface area (Å²) < 4.78 is 5.58. The fourth-order valence-electron chi connectivity index (χ4n) is 3.11. The number of nitro groups is 1. The predicted molar refractivity (Wildman–Crippen MR) is 97.6 cm³/mol. The Morgan fingerprint density at radius 1 is 1.24 bits per heavy atom. The van der Waals surface area contributed by atoms with Crippen molar-refractivity contribution in [3.8, 4) is 0 Å². The van der Waals surface area contributed by atoms with Crippen molar-refractivity contribution in [2.45, 2.75) is 26.1 Å². The Balaban J connectivity index is 1.63. The maximum absolute atomic E-state index is 11.1. The molecule has 1 aliphatic rings. The minimum absolute atomic E-state index is 0.0981. The van der Waals surface area contributed by atoms with Gasteiger partial charge in [-0.15, -0.1) is 0 Å². The zero-order valence-electron chi connectivity index (χ0n) is 14.4. The predicted octanol–water partition coefficient (Wildman–Crippen LogP) is 3.43. The third-order valence-corrected chi connectivity index (χ3v) is 4.31. The van der Waals surface area contributed by atoms with E-state index in [0.29, 0.717) is 12.2 Å². The van der Waals surface area contributed by atoms with Crippen molar-refractivity contribution < 1.29 is 9.66 Å². The van der Waals surface area contributed by atoms with Crippen molar-refractivity contribution in [2.75, 3.05) is 25.0 Å². The highest BCUT2D eigenvalue weighted by Gasteiger charge is 2.16. The van der Waals surface area contributed by atoms with Gasteiger partial charge < -0.3 is 10.1 Å². The fraction of sp³-hybridized carbons (Fsp3) is 0.368. The maximum Gasteiger partial charge on any atom is 0.292 e. The molecule has 0 aromatic heterocycles. The number of hydrogen-bond donors (Lipinski definition) is 1. The summed E-state index contributed by atoms with van der Waals surface area (Å²) in [7, 11) is 0. The Hall–Kier alpha value is -2.44. The number of nitrogens with one attached hydrogen (secondary N) is 1. The van der Waals surface area contributed by atoms with Gasteiger partial charge in [0.2, 0.25) is 0 Å². The van der Waals surface area contributed by atoms with Crippen LogP contribution in [0.2, 0.25) is 0 Å². The molecule has 0 radical (unpaired) electrons. The van der Waals surface area contributed by atoms with Gasteiger partial charge in [-0.05, 0) is 24.1 Å². The van der Waals surface area contributed by atoms with Crippen molar-refractivity contribution >= 4 is 11.4 Å². The standard InChI is InChI=1S/C19H23N3O3/c1-15-13-21(9-10-25-15)14-17-6-4-5-16(11-17)12-20-18-7-2-3-8-19(18)22(23)24/h2-8,11,15,20H,9-10,12-14H2,1H3. The van der Waals surface area contributed by atoms with Gasteiger partial charge in [-0.2, -0.15) is 0 Å². The van der Waals surface area contributed by atoms with Crippen LogP contribution in [0.1, 0.15) is 18.1 Å². The van der Waals surface area contributed by atoms with Crippen LogP contribution in [0.5, 0.6) is 0 Å². The average Bonchev–Trinajstić information content (AvgIpc) is 2.60. The lowest BCUT2D eigenvalue weighted by Crippen LogP contribution is -2.40. The minimum Gasteiger partial charge on any atom is -0.376 e. The summed E-state index contributed by atoms with van der Waals surface area (Å²) >= 11 is 0. The molecule has 0 amide bonds. The Bertz CT molecular complexity index is 735. The molecule has 0 saturated carbocycles. The van der Waals surface area contributed by atoms with Gasteiger partial charge >= 0.3 is 0 Å². The minimum atomic E-state index is -0.363. The molecule has 1 atom stereocenters. The number of anilines is 1. The van der Waals surface area contributed by atoms with Crippen LogP contribution in [0, 0.1) is 10.1 Å². The first-order valence-electron chi connectivity index (χ1n) is 8.51. The summed E-state index contributed by atoms with van der Waals surface area (Å²) in [6.45, 7) is 6.21. The smallest absolute Gasteiger partial charge is 0.292 e. The van der Waals surface area contributed by atoms with Crippen LogP contribution in [0.25, 0.3) is 0 Å². The van der Waals surface area contributed by atoms with E-state index in [1.807, 2.05) is 12.1 Å². The summed E-state index contributed by atoms with van der Waals surface area (Å²) in [6, 6.07) is 15.1. The van der Waals surface area contributed by atoms with Crippen molar-refractivity contribution in [1.82, 2.24) is 4.90 Å². The molecular formula is C19H23N3O3. The highest BCUT2D eigenvalue weighted by atomic mass is 16.6. The van der Waals surface area contributed by atoms with Crippen molar-refractivity contribution in [1.29, 1.82) is 0 Å². The molecule has 3 rings (SSSR count). The van der Waals surface area contributed by atoms with Crippen LogP contribution in [0.15, 0.2) is 48.5 Å². The molecule has 2 aromatic carbocycles. The summed E-state index contributed by atoms with van der Waals surface area (Å²) in [5, 5.41) is 14.3. The van der Waals surface area contributed by atoms with Crippen molar-refractivity contribution in [3.63, 3.8) is 0 Å². The molecule has 1 saturated heterocycles. The van der Waals surface area contributed by atoms with Gasteiger partial charge in [0.15, 0.2) is 0 Å². The lowest BCUT2D eigenvalue weighted by Gasteiger charge is -2.31. The van der Waals surface area contributed by atoms with E-state index in [9.17, 15) is 10.1 Å². The molecule has 1 heterocycles. The van der Waals surface area contributed by atoms with Gasteiger partial charge in [-0.3, -0.25) is 15.0 Å². The molecule has 1 unspecified atom stereocenters. The Morgan fingerprint density at radius 2 is 2.04 bits per heavy atom. The molecule has 25 heavy (non-hydrogen) atoms. The van der Waals surface area contributed by atoms with Crippen molar-refractivity contribution in [3.05, 3.63) is 69.8 Å². The number of nitro benzene ring substituents is 1. The molecule has 132 valence electrons. The zero-order valence-corrected chi connectivity index (χ0v) is 14.4. The third kappa shape index (κ3) is 4.78. The normalized spacial score (nSPS) is 18.0. The maximum atomic E-state index is 11.1. The quantitative estimate of drug-likeness (QED) is 0.644. The molecule has 0 spiro atoms. The van der Waals surface area contributed by atoms with E-state index in [0.717, 1.165) is 31.8 Å². The SMILES string of the molecule is CC1CN(Cc2cccc(CNc3ccccc3[N+](=O)[O-])c2)CCO1. The Labute approximate surface area is 147 Å². The summed E-state index contributed by atoms with van der Waals surface area (Å²) in [5.74, 6) is 0. The van der Waals surface area contributed by atoms with Gasteiger partial charge in [0, 0.05) is 32.2 Å². The fourth-order valence-corrected chi connectivity index (χ4v) is 3.11. The average molecular weight is 341 g/mol. The van der Waals surface area contributed by atoms with Gasteiger partial charge in [-0.1, -0.05) is 36.4 Å². The molecule has 6 heteroatoms. The summed E-state index contributed by atoms with van der Waals surface area (Å²) in [5.41, 5.74) is 2.99. The van der Waals surface area contributed by atoms with E-state index in [-0.39, 0.29) is 16.7 Å². The molecule has 2 aromatic rings. The highest BCUT2D eigenvalue weighted by Crippen LogP contribution is 2.24. The first kappa shape index (κ1) is 17.4. The van der Waals surface area contributed by atoms with E-state index < -0.39 is 0 Å². The molecule has 6 nitrogen and oxygen atoms in total. The van der Waals surface area contributed by atoms with Crippen molar-refractivity contribution in [2.24, 2.45) is 0 Å². The van der Waals surface area contributed by atoms with Crippen LogP contribution in [-0.4, -0.2) is 35.6 Å². The van der Waals surface area contributed by atoms with E-state index in [4.69, 9.17) is 4.74 Å². The second kappa shape index (κ2) is 8.09. The number of para-hydroxylation sites is 2. The van der Waals surface area contributed by atoms with Crippen LogP contribution in [0.3, 0.4) is 0 Å². The Kier molecular flexibility index (Phi) is 5.63. The van der Waals surface area contributed by atoms with Crippen LogP contribution < -0.4 is 5.32 Å². The van der Waals surface area contributed by atoms with Gasteiger partial charge in [0.1, 0.15) is 5.69 Å². The van der Waals surface area contributed by atoms with Gasteiger partial charge in [-0.25, -0.2) is 0 Å². The van der Waals surface area contributed by atoms with E-state index >= 15 is 0 Å². The summed E-state index contributed by atoms with van der Waals surface area (Å²) in [4.78, 5) is 13.1. The second-order valence-corrected chi connectivity index (χ2v) is 6.36. The topological polar surface area (TPSA) is 67.6 Å². The van der Waals surface area contributed by atoms with E-state index in [2.05, 4.69) is 29.3 Å². The monoisotopic (exact) mass is 341 g/mol. The van der Waals surface area contributed by atoms with E-state index in [1.165, 1.54) is 11.6 Å². The molecule has 1 N–H and O–H groups in total. The van der Waals surface area contributed by atoms with Crippen LogP contribution >= 0.6 is 0 Å². The Morgan fingerprint density at radius 3 is 2.84 bits per heavy atom. The zero-order chi connectivity index (χ0) is 17.6. The number of nitrogens with zero attached hydrogens (tertiary/aromatic N) is 2. The number of morpholine rings is 1. The number of rotatable bonds is 6. The molecule has 1 aliphatic heterocycles. The van der Waals surface area contributed by atoms with Crippen LogP contribution in [-0.2, 0) is 17.8 Å². The molecule has 0 bridgehead atoms. The summed E-state index contributed by atoms with van der Waals surface area (Å²) in [6.07, 6.45) is 0.275. The van der Waals surface area contributed by atoms with Crippen LogP contribution in [0.4, 0.5) is 11.4 Å². The number of ether oxygens (including phenoxy) is 1. The first-order valence-corrected chi connectivity index (χ1v) is 8.51. The van der Waals surface area contributed by atoms with Gasteiger partial charge in [0.25, 0.3) is 5.69 Å². The third-order valence-electron chi connectivity index (χ3n) is 4.31. The largest absolute Gasteiger partial charge is 0.376 e. The first-order chi connectivity index (χ1) is 12.1. The molecule has 1 fully saturated rings. The second-order valence-electron chi connectivity index (χ2n) is 6.36. The molecule has 0 aliphatic carbocycles. The van der Waals surface area contributed by atoms with Gasteiger partial charge in [0.05, 0.1) is 17.6 Å². The lowest BCUT2D eigenvalue weighted by atomic mass is 10.1. The van der Waals surface area contributed by atoms with E-state index in [1.54, 1.807) is 18.2 Å².